The van der Waals surface area contributed by atoms with Gasteiger partial charge >= 0.3 is 0 Å². The summed E-state index contributed by atoms with van der Waals surface area (Å²) in [4.78, 5) is 16.6. The van der Waals surface area contributed by atoms with Gasteiger partial charge < -0.3 is 10.1 Å². The smallest absolute Gasteiger partial charge is 0.247 e. The molecule has 3 rings (SSSR count). The van der Waals surface area contributed by atoms with Gasteiger partial charge in [0.05, 0.1) is 19.3 Å². The number of sulfonamides is 1. The van der Waals surface area contributed by atoms with E-state index in [-0.39, 0.29) is 17.3 Å². The van der Waals surface area contributed by atoms with Crippen LogP contribution in [0.1, 0.15) is 23.1 Å². The van der Waals surface area contributed by atoms with E-state index in [4.69, 9.17) is 4.74 Å². The second-order valence-corrected chi connectivity index (χ2v) is 8.80. The van der Waals surface area contributed by atoms with Crippen LogP contribution in [0.4, 0.5) is 5.13 Å². The van der Waals surface area contributed by atoms with Crippen LogP contribution in [0.25, 0.3) is 0 Å². The molecule has 1 aliphatic rings. The first-order valence-electron chi connectivity index (χ1n) is 7.72. The number of nitrogens with zero attached hydrogens (tertiary/aromatic N) is 2. The summed E-state index contributed by atoms with van der Waals surface area (Å²) < 4.78 is 32.8. The summed E-state index contributed by atoms with van der Waals surface area (Å²) in [6.45, 7) is 3.85. The Morgan fingerprint density at radius 2 is 2.16 bits per heavy atom. The zero-order chi connectivity index (χ0) is 18.2. The molecule has 1 N–H and O–H groups in total. The number of anilines is 1. The highest BCUT2D eigenvalue weighted by atomic mass is 32.2. The predicted molar refractivity (Wildman–Crippen MR) is 95.4 cm³/mol. The number of hydrogen-bond acceptors (Lipinski definition) is 6. The molecule has 1 amide bonds. The van der Waals surface area contributed by atoms with Gasteiger partial charge in [0.15, 0.2) is 5.13 Å². The average molecular weight is 381 g/mol. The van der Waals surface area contributed by atoms with Gasteiger partial charge in [-0.3, -0.25) is 4.79 Å². The van der Waals surface area contributed by atoms with E-state index in [9.17, 15) is 13.2 Å². The van der Waals surface area contributed by atoms with Crippen LogP contribution in [0.15, 0.2) is 23.1 Å². The summed E-state index contributed by atoms with van der Waals surface area (Å²) in [6, 6.07) is 5.10. The highest BCUT2D eigenvalue weighted by molar-refractivity contribution is 7.89. The van der Waals surface area contributed by atoms with Gasteiger partial charge in [-0.2, -0.15) is 4.31 Å². The van der Waals surface area contributed by atoms with Crippen molar-refractivity contribution in [2.45, 2.75) is 31.7 Å². The molecule has 9 heteroatoms. The molecule has 7 nitrogen and oxygen atoms in total. The molecule has 2 heterocycles. The number of fused-ring (bicyclic) bond motifs is 1. The van der Waals surface area contributed by atoms with Gasteiger partial charge in [-0.15, -0.1) is 11.3 Å². The maximum Gasteiger partial charge on any atom is 0.247 e. The molecule has 25 heavy (non-hydrogen) atoms. The first-order valence-corrected chi connectivity index (χ1v) is 9.98. The SMILES string of the molecule is COc1ccc(C)cc1S(=O)(=O)N1CCc2nc(NC(C)=O)sc2C1. The quantitative estimate of drug-likeness (QED) is 0.877. The van der Waals surface area contributed by atoms with Gasteiger partial charge in [-0.25, -0.2) is 13.4 Å². The monoisotopic (exact) mass is 381 g/mol. The molecule has 0 unspecified atom stereocenters. The summed E-state index contributed by atoms with van der Waals surface area (Å²) in [5.41, 5.74) is 1.69. The highest BCUT2D eigenvalue weighted by Gasteiger charge is 2.32. The summed E-state index contributed by atoms with van der Waals surface area (Å²) in [5, 5.41) is 3.16. The average Bonchev–Trinajstić information content (AvgIpc) is 2.95. The summed E-state index contributed by atoms with van der Waals surface area (Å²) in [6.07, 6.45) is 0.513. The van der Waals surface area contributed by atoms with Gasteiger partial charge in [0, 0.05) is 24.8 Å². The van der Waals surface area contributed by atoms with Crippen molar-refractivity contribution in [3.63, 3.8) is 0 Å². The van der Waals surface area contributed by atoms with Crippen LogP contribution in [0.2, 0.25) is 0 Å². The Morgan fingerprint density at radius 3 is 2.84 bits per heavy atom. The maximum absolute atomic E-state index is 13.1. The molecule has 1 aromatic heterocycles. The van der Waals surface area contributed by atoms with Crippen LogP contribution in [0, 0.1) is 6.92 Å². The van der Waals surface area contributed by atoms with E-state index in [0.29, 0.717) is 23.8 Å². The Morgan fingerprint density at radius 1 is 1.40 bits per heavy atom. The van der Waals surface area contributed by atoms with Crippen LogP contribution < -0.4 is 10.1 Å². The lowest BCUT2D eigenvalue weighted by Gasteiger charge is -2.26. The minimum Gasteiger partial charge on any atom is -0.495 e. The van der Waals surface area contributed by atoms with E-state index in [1.165, 1.54) is 29.7 Å². The van der Waals surface area contributed by atoms with Crippen LogP contribution in [0.5, 0.6) is 5.75 Å². The number of carbonyl (C=O) groups is 1. The van der Waals surface area contributed by atoms with Crippen LogP contribution in [-0.4, -0.2) is 37.3 Å². The second kappa shape index (κ2) is 6.74. The molecule has 1 aliphatic heterocycles. The Hall–Kier alpha value is -1.97. The van der Waals surface area contributed by atoms with Crippen LogP contribution in [0.3, 0.4) is 0 Å². The third-order valence-electron chi connectivity index (χ3n) is 3.92. The Bertz CT molecular complexity index is 921. The van der Waals surface area contributed by atoms with Gasteiger partial charge in [-0.05, 0) is 24.6 Å². The lowest BCUT2D eigenvalue weighted by Crippen LogP contribution is -2.35. The van der Waals surface area contributed by atoms with Crippen LogP contribution >= 0.6 is 11.3 Å². The molecule has 0 fully saturated rings. The third-order valence-corrected chi connectivity index (χ3v) is 6.78. The molecular weight excluding hydrogens is 362 g/mol. The number of methoxy groups -OCH3 is 1. The van der Waals surface area contributed by atoms with Crippen molar-refractivity contribution in [2.24, 2.45) is 0 Å². The van der Waals surface area contributed by atoms with Gasteiger partial charge in [0.25, 0.3) is 0 Å². The van der Waals surface area contributed by atoms with Gasteiger partial charge in [0.2, 0.25) is 15.9 Å². The van der Waals surface area contributed by atoms with Crippen molar-refractivity contribution in [1.29, 1.82) is 0 Å². The number of thiazole rings is 1. The fraction of sp³-hybridized carbons (Fsp3) is 0.375. The van der Waals surface area contributed by atoms with Crippen molar-refractivity contribution < 1.29 is 17.9 Å². The molecule has 134 valence electrons. The van der Waals surface area contributed by atoms with Crippen molar-refractivity contribution in [1.82, 2.24) is 9.29 Å². The number of rotatable bonds is 4. The minimum absolute atomic E-state index is 0.171. The van der Waals surface area contributed by atoms with Crippen LogP contribution in [-0.2, 0) is 27.8 Å². The first kappa shape index (κ1) is 17.8. The number of benzene rings is 1. The second-order valence-electron chi connectivity index (χ2n) is 5.81. The highest BCUT2D eigenvalue weighted by Crippen LogP contribution is 2.33. The van der Waals surface area contributed by atoms with E-state index in [1.807, 2.05) is 13.0 Å². The predicted octanol–water partition coefficient (Wildman–Crippen LogP) is 2.17. The number of carbonyl (C=O) groups excluding carboxylic acids is 1. The maximum atomic E-state index is 13.1. The van der Waals surface area contributed by atoms with Gasteiger partial charge in [0.1, 0.15) is 10.6 Å². The number of ether oxygens (including phenoxy) is 1. The Balaban J connectivity index is 1.91. The number of nitrogens with one attached hydrogen (secondary N) is 1. The number of aromatic nitrogens is 1. The van der Waals surface area contributed by atoms with E-state index >= 15 is 0 Å². The van der Waals surface area contributed by atoms with E-state index in [0.717, 1.165) is 16.1 Å². The van der Waals surface area contributed by atoms with Gasteiger partial charge in [-0.1, -0.05) is 6.07 Å². The summed E-state index contributed by atoms with van der Waals surface area (Å²) in [7, 11) is -2.22. The fourth-order valence-corrected chi connectivity index (χ4v) is 5.51. The van der Waals surface area contributed by atoms with E-state index in [2.05, 4.69) is 10.3 Å². The molecule has 0 radical (unpaired) electrons. The number of hydrogen-bond donors (Lipinski definition) is 1. The van der Waals surface area contributed by atoms with Crippen molar-refractivity contribution in [3.05, 3.63) is 34.3 Å². The molecule has 1 aromatic carbocycles. The van der Waals surface area contributed by atoms with Crippen molar-refractivity contribution >= 4 is 32.4 Å². The molecule has 0 aliphatic carbocycles. The topological polar surface area (TPSA) is 88.6 Å². The standard InChI is InChI=1S/C16H19N3O4S2/c1-10-4-5-13(23-3)15(8-10)25(21,22)19-7-6-12-14(9-19)24-16(18-12)17-11(2)20/h4-5,8H,6-7,9H2,1-3H3,(H,17,18,20). The lowest BCUT2D eigenvalue weighted by molar-refractivity contribution is -0.114. The molecule has 0 atom stereocenters. The van der Waals surface area contributed by atoms with E-state index < -0.39 is 10.0 Å². The number of amides is 1. The molecule has 0 saturated heterocycles. The molecule has 0 saturated carbocycles. The van der Waals surface area contributed by atoms with E-state index in [1.54, 1.807) is 12.1 Å². The Labute approximate surface area is 150 Å². The van der Waals surface area contributed by atoms with Crippen molar-refractivity contribution in [2.75, 3.05) is 19.0 Å². The third kappa shape index (κ3) is 3.53. The number of aryl methyl sites for hydroxylation is 1. The van der Waals surface area contributed by atoms with Crippen molar-refractivity contribution in [3.8, 4) is 5.75 Å². The fourth-order valence-electron chi connectivity index (χ4n) is 2.71. The zero-order valence-electron chi connectivity index (χ0n) is 14.2. The largest absolute Gasteiger partial charge is 0.495 e. The summed E-state index contributed by atoms with van der Waals surface area (Å²) >= 11 is 1.31. The minimum atomic E-state index is -3.68. The lowest BCUT2D eigenvalue weighted by atomic mass is 10.2. The first-order chi connectivity index (χ1) is 11.8. The molecule has 2 aromatic rings. The molecule has 0 spiro atoms. The molecular formula is C16H19N3O4S2. The Kier molecular flexibility index (Phi) is 4.81. The summed E-state index contributed by atoms with van der Waals surface area (Å²) in [5.74, 6) is 0.139. The zero-order valence-corrected chi connectivity index (χ0v) is 15.8. The molecule has 0 bridgehead atoms. The normalized spacial score (nSPS) is 14.8.